The van der Waals surface area contributed by atoms with Gasteiger partial charge in [-0.05, 0) is 106 Å². The van der Waals surface area contributed by atoms with Gasteiger partial charge in [0.15, 0.2) is 0 Å². The van der Waals surface area contributed by atoms with Crippen molar-refractivity contribution in [2.24, 2.45) is 0 Å². The average Bonchev–Trinajstić information content (AvgIpc) is 3.78. The van der Waals surface area contributed by atoms with Gasteiger partial charge in [-0.1, -0.05) is 170 Å². The van der Waals surface area contributed by atoms with Crippen LogP contribution < -0.4 is 0 Å². The highest BCUT2D eigenvalue weighted by Crippen LogP contribution is 2.68. The van der Waals surface area contributed by atoms with Gasteiger partial charge in [0.2, 0.25) is 0 Å². The zero-order valence-corrected chi connectivity index (χ0v) is 26.4. The summed E-state index contributed by atoms with van der Waals surface area (Å²) in [6.45, 7) is 0. The van der Waals surface area contributed by atoms with E-state index in [1.54, 1.807) is 0 Å². The van der Waals surface area contributed by atoms with Crippen molar-refractivity contribution in [1.82, 2.24) is 0 Å². The fraction of sp³-hybridized carbons (Fsp3) is 0.0417. The smallest absolute Gasteiger partial charge is 0.0622 e. The molecule has 0 heteroatoms. The molecular weight excluding hydrogens is 577 g/mol. The van der Waals surface area contributed by atoms with Crippen LogP contribution in [0.15, 0.2) is 170 Å². The van der Waals surface area contributed by atoms with Crippen LogP contribution in [0.1, 0.15) is 33.4 Å². The van der Waals surface area contributed by atoms with Crippen molar-refractivity contribution in [3.63, 3.8) is 0 Å². The van der Waals surface area contributed by atoms with Gasteiger partial charge in [0.25, 0.3) is 0 Å². The van der Waals surface area contributed by atoms with Crippen molar-refractivity contribution < 1.29 is 0 Å². The van der Waals surface area contributed by atoms with Crippen LogP contribution in [0.5, 0.6) is 0 Å². The van der Waals surface area contributed by atoms with Crippen LogP contribution in [-0.4, -0.2) is 0 Å². The minimum atomic E-state index is -0.365. The van der Waals surface area contributed by atoms with Crippen LogP contribution in [0.4, 0.5) is 0 Å². The van der Waals surface area contributed by atoms with Crippen molar-refractivity contribution in [2.75, 3.05) is 0 Å². The summed E-state index contributed by atoms with van der Waals surface area (Å²) in [4.78, 5) is 0. The summed E-state index contributed by atoms with van der Waals surface area (Å²) < 4.78 is 0. The van der Waals surface area contributed by atoms with Gasteiger partial charge in [-0.2, -0.15) is 0 Å². The van der Waals surface area contributed by atoms with Gasteiger partial charge >= 0.3 is 0 Å². The standard InChI is InChI=1S/C48H30/c1-2-15-30(16-3-1)44-34-20-6-8-22-36(34)45(37-23-9-7-21-35(37)44)39-25-14-28-43-46(39)38-24-11-13-27-42(38)48(43)41-26-12-10-19-33(41)40-29-31-17-4-5-18-32(31)47(40)48/h1-28H,29H2. The molecule has 8 aromatic carbocycles. The summed E-state index contributed by atoms with van der Waals surface area (Å²) in [5, 5.41) is 5.16. The third-order valence-electron chi connectivity index (χ3n) is 11.3. The van der Waals surface area contributed by atoms with Crippen molar-refractivity contribution in [3.05, 3.63) is 203 Å². The summed E-state index contributed by atoms with van der Waals surface area (Å²) in [6, 6.07) is 63.7. The number of benzene rings is 8. The Balaban J connectivity index is 1.30. The monoisotopic (exact) mass is 606 g/mol. The second-order valence-electron chi connectivity index (χ2n) is 13.5. The Hall–Kier alpha value is -5.98. The summed E-state index contributed by atoms with van der Waals surface area (Å²) in [5.74, 6) is 0. The summed E-state index contributed by atoms with van der Waals surface area (Å²) in [7, 11) is 0. The molecule has 11 rings (SSSR count). The average molecular weight is 607 g/mol. The van der Waals surface area contributed by atoms with E-state index in [2.05, 4.69) is 170 Å². The Morgan fingerprint density at radius 3 is 1.54 bits per heavy atom. The summed E-state index contributed by atoms with van der Waals surface area (Å²) >= 11 is 0. The third-order valence-corrected chi connectivity index (χ3v) is 11.3. The Morgan fingerprint density at radius 1 is 0.333 bits per heavy atom. The number of hydrogen-bond donors (Lipinski definition) is 0. The first kappa shape index (κ1) is 26.1. The van der Waals surface area contributed by atoms with Gasteiger partial charge in [-0.3, -0.25) is 0 Å². The van der Waals surface area contributed by atoms with Crippen LogP contribution in [0.2, 0.25) is 0 Å². The van der Waals surface area contributed by atoms with Gasteiger partial charge in [0, 0.05) is 0 Å². The quantitative estimate of drug-likeness (QED) is 0.172. The van der Waals surface area contributed by atoms with Crippen LogP contribution in [0, 0.1) is 0 Å². The number of rotatable bonds is 2. The molecule has 0 aliphatic heterocycles. The molecule has 8 aromatic rings. The molecular formula is C48H30. The molecule has 48 heavy (non-hydrogen) atoms. The lowest BCUT2D eigenvalue weighted by atomic mass is 9.68. The van der Waals surface area contributed by atoms with E-state index in [9.17, 15) is 0 Å². The molecule has 0 saturated heterocycles. The number of hydrogen-bond acceptors (Lipinski definition) is 0. The highest BCUT2D eigenvalue weighted by Gasteiger charge is 2.55. The van der Waals surface area contributed by atoms with E-state index in [1.165, 1.54) is 99.5 Å². The van der Waals surface area contributed by atoms with Crippen molar-refractivity contribution in [3.8, 4) is 33.4 Å². The lowest BCUT2D eigenvalue weighted by Gasteiger charge is -2.33. The Morgan fingerprint density at radius 2 is 0.833 bits per heavy atom. The van der Waals surface area contributed by atoms with E-state index >= 15 is 0 Å². The molecule has 0 radical (unpaired) electrons. The highest BCUT2D eigenvalue weighted by molar-refractivity contribution is 6.23. The second kappa shape index (κ2) is 9.53. The molecule has 1 atom stereocenters. The van der Waals surface area contributed by atoms with E-state index in [4.69, 9.17) is 0 Å². The normalized spacial score (nSPS) is 16.7. The predicted octanol–water partition coefficient (Wildman–Crippen LogP) is 12.1. The molecule has 0 N–H and O–H groups in total. The van der Waals surface area contributed by atoms with Crippen molar-refractivity contribution in [2.45, 2.75) is 11.8 Å². The van der Waals surface area contributed by atoms with E-state index in [-0.39, 0.29) is 5.41 Å². The highest BCUT2D eigenvalue weighted by atomic mass is 14.6. The number of allylic oxidation sites excluding steroid dienone is 2. The van der Waals surface area contributed by atoms with Gasteiger partial charge in [-0.25, -0.2) is 0 Å². The number of fused-ring (bicyclic) bond motifs is 13. The SMILES string of the molecule is c1ccc(-c2c3ccccc3c(-c3cccc4c3-c3ccccc3C43C4=C(Cc5ccccc54)c4ccccc43)c3ccccc23)cc1. The minimum Gasteiger partial charge on any atom is -0.0622 e. The molecule has 3 aliphatic carbocycles. The molecule has 1 spiro atoms. The molecule has 0 saturated carbocycles. The van der Waals surface area contributed by atoms with Crippen molar-refractivity contribution in [1.29, 1.82) is 0 Å². The lowest BCUT2D eigenvalue weighted by Crippen LogP contribution is -2.26. The largest absolute Gasteiger partial charge is 0.0728 e. The zero-order chi connectivity index (χ0) is 31.4. The Bertz CT molecular complexity index is 2630. The summed E-state index contributed by atoms with van der Waals surface area (Å²) in [6.07, 6.45) is 0.984. The van der Waals surface area contributed by atoms with Crippen LogP contribution in [0.25, 0.3) is 66.1 Å². The molecule has 0 nitrogen and oxygen atoms in total. The van der Waals surface area contributed by atoms with Crippen molar-refractivity contribution >= 4 is 32.7 Å². The van der Waals surface area contributed by atoms with Crippen LogP contribution >= 0.6 is 0 Å². The van der Waals surface area contributed by atoms with Gasteiger partial charge in [0.05, 0.1) is 5.41 Å². The second-order valence-corrected chi connectivity index (χ2v) is 13.5. The lowest BCUT2D eigenvalue weighted by molar-refractivity contribution is 0.842. The Labute approximate surface area is 280 Å². The first-order valence-corrected chi connectivity index (χ1v) is 17.0. The molecule has 1 unspecified atom stereocenters. The Kier molecular flexibility index (Phi) is 5.19. The summed E-state index contributed by atoms with van der Waals surface area (Å²) in [5.41, 5.74) is 19.0. The first-order valence-electron chi connectivity index (χ1n) is 17.0. The maximum Gasteiger partial charge on any atom is 0.0728 e. The molecule has 0 bridgehead atoms. The molecule has 3 aliphatic rings. The van der Waals surface area contributed by atoms with E-state index < -0.39 is 0 Å². The minimum absolute atomic E-state index is 0.365. The first-order chi connectivity index (χ1) is 23.9. The third kappa shape index (κ3) is 3.15. The van der Waals surface area contributed by atoms with Gasteiger partial charge < -0.3 is 0 Å². The molecule has 0 heterocycles. The maximum atomic E-state index is 2.43. The van der Waals surface area contributed by atoms with Crippen LogP contribution in [0.3, 0.4) is 0 Å². The van der Waals surface area contributed by atoms with E-state index in [0.717, 1.165) is 6.42 Å². The van der Waals surface area contributed by atoms with Crippen LogP contribution in [-0.2, 0) is 11.8 Å². The van der Waals surface area contributed by atoms with E-state index in [0.29, 0.717) is 0 Å². The van der Waals surface area contributed by atoms with E-state index in [1.807, 2.05) is 0 Å². The maximum absolute atomic E-state index is 2.43. The molecule has 0 aromatic heterocycles. The molecule has 0 amide bonds. The molecule has 222 valence electrons. The van der Waals surface area contributed by atoms with Gasteiger partial charge in [0.1, 0.15) is 0 Å². The molecule has 0 fully saturated rings. The fourth-order valence-electron chi connectivity index (χ4n) is 9.66. The van der Waals surface area contributed by atoms with Gasteiger partial charge in [-0.15, -0.1) is 0 Å². The zero-order valence-electron chi connectivity index (χ0n) is 26.4. The fourth-order valence-corrected chi connectivity index (χ4v) is 9.66. The topological polar surface area (TPSA) is 0 Å². The predicted molar refractivity (Wildman–Crippen MR) is 201 cm³/mol.